The van der Waals surface area contributed by atoms with Gasteiger partial charge in [0.05, 0.1) is 18.2 Å². The minimum Gasteiger partial charge on any atom is -0.322 e. The van der Waals surface area contributed by atoms with E-state index in [1.54, 1.807) is 18.7 Å². The molecule has 0 aliphatic carbocycles. The first kappa shape index (κ1) is 10.8. The Morgan fingerprint density at radius 2 is 1.88 bits per heavy atom. The monoisotopic (exact) mass is 216 g/mol. The third-order valence-corrected chi connectivity index (χ3v) is 2.67. The van der Waals surface area contributed by atoms with E-state index in [0.29, 0.717) is 5.92 Å². The van der Waals surface area contributed by atoms with Crippen LogP contribution < -0.4 is 5.73 Å². The van der Waals surface area contributed by atoms with E-state index in [4.69, 9.17) is 5.73 Å². The minimum atomic E-state index is -0.00401. The Balaban J connectivity index is 2.40. The molecule has 16 heavy (non-hydrogen) atoms. The lowest BCUT2D eigenvalue weighted by Gasteiger charge is -2.17. The van der Waals surface area contributed by atoms with Crippen molar-refractivity contribution in [1.82, 2.24) is 14.5 Å². The molecular weight excluding hydrogens is 200 g/mol. The maximum absolute atomic E-state index is 6.14. The molecule has 2 aromatic rings. The van der Waals surface area contributed by atoms with Gasteiger partial charge in [-0.1, -0.05) is 13.8 Å². The number of rotatable bonds is 3. The summed E-state index contributed by atoms with van der Waals surface area (Å²) in [6.45, 7) is 4.21. The molecule has 0 radical (unpaired) electrons. The zero-order valence-electron chi connectivity index (χ0n) is 9.54. The van der Waals surface area contributed by atoms with E-state index in [0.717, 1.165) is 11.4 Å². The van der Waals surface area contributed by atoms with Crippen molar-refractivity contribution >= 4 is 0 Å². The lowest BCUT2D eigenvalue weighted by Crippen LogP contribution is -2.19. The highest BCUT2D eigenvalue weighted by Crippen LogP contribution is 2.21. The van der Waals surface area contributed by atoms with Crippen LogP contribution in [0.2, 0.25) is 0 Å². The Kier molecular flexibility index (Phi) is 3.01. The molecule has 2 rings (SSSR count). The molecule has 0 aliphatic rings. The van der Waals surface area contributed by atoms with Gasteiger partial charge < -0.3 is 10.3 Å². The fourth-order valence-electron chi connectivity index (χ4n) is 1.61. The summed E-state index contributed by atoms with van der Waals surface area (Å²) < 4.78 is 2.01. The number of imidazole rings is 1. The molecule has 2 aromatic heterocycles. The quantitative estimate of drug-likeness (QED) is 0.852. The average molecular weight is 216 g/mol. The molecule has 0 bridgehead atoms. The molecule has 0 aromatic carbocycles. The highest BCUT2D eigenvalue weighted by molar-refractivity contribution is 5.32. The van der Waals surface area contributed by atoms with Gasteiger partial charge >= 0.3 is 0 Å². The first-order valence-corrected chi connectivity index (χ1v) is 5.38. The summed E-state index contributed by atoms with van der Waals surface area (Å²) in [6, 6.07) is 3.88. The summed E-state index contributed by atoms with van der Waals surface area (Å²) in [7, 11) is 0. The summed E-state index contributed by atoms with van der Waals surface area (Å²) >= 11 is 0. The first-order chi connectivity index (χ1) is 7.70. The zero-order chi connectivity index (χ0) is 11.5. The highest BCUT2D eigenvalue weighted by atomic mass is 15.1. The minimum absolute atomic E-state index is 0.00401. The molecule has 84 valence electrons. The molecular formula is C12H16N4. The van der Waals surface area contributed by atoms with E-state index >= 15 is 0 Å². The Labute approximate surface area is 95.1 Å². The molecule has 2 N–H and O–H groups in total. The first-order valence-electron chi connectivity index (χ1n) is 5.38. The van der Waals surface area contributed by atoms with Gasteiger partial charge in [0.1, 0.15) is 0 Å². The van der Waals surface area contributed by atoms with Crippen molar-refractivity contribution in [3.8, 4) is 5.69 Å². The number of hydrogen-bond acceptors (Lipinski definition) is 3. The van der Waals surface area contributed by atoms with Crippen molar-refractivity contribution in [3.05, 3.63) is 42.7 Å². The van der Waals surface area contributed by atoms with E-state index in [1.807, 2.05) is 22.9 Å². The molecule has 0 amide bonds. The molecule has 0 saturated heterocycles. The summed E-state index contributed by atoms with van der Waals surface area (Å²) in [5.41, 5.74) is 8.21. The van der Waals surface area contributed by atoms with Gasteiger partial charge in [0.2, 0.25) is 0 Å². The molecule has 1 atom stereocenters. The predicted octanol–water partition coefficient (Wildman–Crippen LogP) is 1.92. The molecule has 0 aliphatic heterocycles. The molecule has 4 heteroatoms. The number of nitrogens with zero attached hydrogens (tertiary/aromatic N) is 3. The molecule has 0 saturated carbocycles. The summed E-state index contributed by atoms with van der Waals surface area (Å²) in [5.74, 6) is 0.386. The number of nitrogens with two attached hydrogens (primary N) is 1. The zero-order valence-corrected chi connectivity index (χ0v) is 9.54. The van der Waals surface area contributed by atoms with Crippen molar-refractivity contribution in [2.45, 2.75) is 19.9 Å². The molecule has 0 spiro atoms. The normalized spacial score (nSPS) is 13.0. The maximum atomic E-state index is 6.14. The van der Waals surface area contributed by atoms with Crippen molar-refractivity contribution in [3.63, 3.8) is 0 Å². The van der Waals surface area contributed by atoms with Gasteiger partial charge in [-0.15, -0.1) is 0 Å². The van der Waals surface area contributed by atoms with Crippen LogP contribution in [0.4, 0.5) is 0 Å². The van der Waals surface area contributed by atoms with Crippen LogP contribution in [0.15, 0.2) is 37.1 Å². The molecule has 0 fully saturated rings. The lowest BCUT2D eigenvalue weighted by molar-refractivity contribution is 0.497. The largest absolute Gasteiger partial charge is 0.322 e. The van der Waals surface area contributed by atoms with Crippen LogP contribution in [0.25, 0.3) is 5.69 Å². The van der Waals surface area contributed by atoms with Gasteiger partial charge in [-0.05, 0) is 18.1 Å². The Hall–Kier alpha value is -1.68. The van der Waals surface area contributed by atoms with Gasteiger partial charge in [-0.2, -0.15) is 0 Å². The van der Waals surface area contributed by atoms with Crippen LogP contribution in [-0.2, 0) is 0 Å². The van der Waals surface area contributed by atoms with Crippen LogP contribution in [0.3, 0.4) is 0 Å². The summed E-state index contributed by atoms with van der Waals surface area (Å²) in [4.78, 5) is 8.16. The molecule has 2 heterocycles. The van der Waals surface area contributed by atoms with E-state index in [9.17, 15) is 0 Å². The maximum Gasteiger partial charge on any atom is 0.0994 e. The second-order valence-corrected chi connectivity index (χ2v) is 4.16. The number of pyridine rings is 1. The molecule has 1 unspecified atom stereocenters. The van der Waals surface area contributed by atoms with E-state index in [2.05, 4.69) is 23.8 Å². The van der Waals surface area contributed by atoms with Crippen molar-refractivity contribution in [2.75, 3.05) is 0 Å². The summed E-state index contributed by atoms with van der Waals surface area (Å²) in [5, 5.41) is 0. The smallest absolute Gasteiger partial charge is 0.0994 e. The van der Waals surface area contributed by atoms with Crippen molar-refractivity contribution in [1.29, 1.82) is 0 Å². The summed E-state index contributed by atoms with van der Waals surface area (Å²) in [6.07, 6.45) is 7.14. The SMILES string of the molecule is CC(C)C(N)c1cncn1-c1ccncc1. The molecule has 4 nitrogen and oxygen atoms in total. The topological polar surface area (TPSA) is 56.7 Å². The Morgan fingerprint density at radius 1 is 1.19 bits per heavy atom. The fourth-order valence-corrected chi connectivity index (χ4v) is 1.61. The third-order valence-electron chi connectivity index (χ3n) is 2.67. The van der Waals surface area contributed by atoms with Crippen molar-refractivity contribution in [2.24, 2.45) is 11.7 Å². The van der Waals surface area contributed by atoms with Crippen LogP contribution in [0.5, 0.6) is 0 Å². The average Bonchev–Trinajstić information content (AvgIpc) is 2.77. The third kappa shape index (κ3) is 1.97. The fraction of sp³-hybridized carbons (Fsp3) is 0.333. The van der Waals surface area contributed by atoms with E-state index < -0.39 is 0 Å². The second kappa shape index (κ2) is 4.45. The lowest BCUT2D eigenvalue weighted by atomic mass is 10.0. The van der Waals surface area contributed by atoms with Gasteiger partial charge in [0.25, 0.3) is 0 Å². The second-order valence-electron chi connectivity index (χ2n) is 4.16. The predicted molar refractivity (Wildman–Crippen MR) is 63.1 cm³/mol. The van der Waals surface area contributed by atoms with Gasteiger partial charge in [-0.3, -0.25) is 4.98 Å². The Morgan fingerprint density at radius 3 is 2.50 bits per heavy atom. The van der Waals surface area contributed by atoms with Crippen molar-refractivity contribution < 1.29 is 0 Å². The van der Waals surface area contributed by atoms with E-state index in [-0.39, 0.29) is 6.04 Å². The van der Waals surface area contributed by atoms with Gasteiger partial charge in [-0.25, -0.2) is 4.98 Å². The van der Waals surface area contributed by atoms with Gasteiger partial charge in [0, 0.05) is 24.1 Å². The van der Waals surface area contributed by atoms with Crippen LogP contribution in [-0.4, -0.2) is 14.5 Å². The van der Waals surface area contributed by atoms with Gasteiger partial charge in [0.15, 0.2) is 0 Å². The van der Waals surface area contributed by atoms with Crippen LogP contribution in [0, 0.1) is 5.92 Å². The Bertz CT molecular complexity index is 447. The van der Waals surface area contributed by atoms with E-state index in [1.165, 1.54) is 0 Å². The van der Waals surface area contributed by atoms with Crippen LogP contribution >= 0.6 is 0 Å². The number of aromatic nitrogens is 3. The highest BCUT2D eigenvalue weighted by Gasteiger charge is 2.15. The number of hydrogen-bond donors (Lipinski definition) is 1. The standard InChI is InChI=1S/C12H16N4/c1-9(2)12(13)11-7-15-8-16(11)10-3-5-14-6-4-10/h3-9,12H,13H2,1-2H3. The van der Waals surface area contributed by atoms with Crippen LogP contribution in [0.1, 0.15) is 25.6 Å².